The van der Waals surface area contributed by atoms with Gasteiger partial charge in [-0.05, 0) is 51.2 Å². The van der Waals surface area contributed by atoms with Crippen LogP contribution in [0.3, 0.4) is 0 Å². The first-order valence-electron chi connectivity index (χ1n) is 8.28. The standard InChI is InChI=1S/C17H37N3/c1-14(2)12-20-10-8-17(13-18,9-11-20)19(7)15(3)16(4,5)6/h14-15H,8-13,18H2,1-7H3. The van der Waals surface area contributed by atoms with Gasteiger partial charge in [0, 0.05) is 24.7 Å². The lowest BCUT2D eigenvalue weighted by Crippen LogP contribution is -2.62. The molecular weight excluding hydrogens is 246 g/mol. The third kappa shape index (κ3) is 4.19. The molecule has 0 aromatic carbocycles. The lowest BCUT2D eigenvalue weighted by molar-refractivity contribution is -0.0124. The Labute approximate surface area is 126 Å². The maximum atomic E-state index is 6.21. The Kier molecular flexibility index (Phi) is 6.06. The second-order valence-electron chi connectivity index (χ2n) is 8.28. The molecule has 1 saturated heterocycles. The Balaban J connectivity index is 2.71. The number of hydrogen-bond acceptors (Lipinski definition) is 3. The molecule has 0 radical (unpaired) electrons. The molecule has 0 aromatic heterocycles. The molecule has 20 heavy (non-hydrogen) atoms. The van der Waals surface area contributed by atoms with Gasteiger partial charge in [0.1, 0.15) is 0 Å². The molecule has 0 spiro atoms. The molecule has 1 rings (SSSR count). The molecule has 1 unspecified atom stereocenters. The third-order valence-corrected chi connectivity index (χ3v) is 5.37. The smallest absolute Gasteiger partial charge is 0.0356 e. The molecule has 1 aliphatic rings. The molecule has 0 bridgehead atoms. The summed E-state index contributed by atoms with van der Waals surface area (Å²) in [6.45, 7) is 18.3. The Morgan fingerprint density at radius 2 is 1.65 bits per heavy atom. The second kappa shape index (κ2) is 6.76. The van der Waals surface area contributed by atoms with E-state index in [0.717, 1.165) is 12.5 Å². The first-order valence-corrected chi connectivity index (χ1v) is 8.28. The number of likely N-dealkylation sites (N-methyl/N-ethyl adjacent to an activating group) is 1. The molecule has 3 nitrogen and oxygen atoms in total. The number of nitrogens with two attached hydrogens (primary N) is 1. The summed E-state index contributed by atoms with van der Waals surface area (Å²) >= 11 is 0. The molecule has 0 aromatic rings. The molecule has 3 heteroatoms. The molecule has 1 atom stereocenters. The van der Waals surface area contributed by atoms with Crippen LogP contribution in [0.5, 0.6) is 0 Å². The highest BCUT2D eigenvalue weighted by Crippen LogP contribution is 2.34. The monoisotopic (exact) mass is 283 g/mol. The van der Waals surface area contributed by atoms with E-state index >= 15 is 0 Å². The molecule has 0 amide bonds. The van der Waals surface area contributed by atoms with Crippen molar-refractivity contribution in [1.82, 2.24) is 9.80 Å². The highest BCUT2D eigenvalue weighted by atomic mass is 15.3. The quantitative estimate of drug-likeness (QED) is 0.842. The average molecular weight is 284 g/mol. The summed E-state index contributed by atoms with van der Waals surface area (Å²) in [6, 6.07) is 0.544. The van der Waals surface area contributed by atoms with E-state index < -0.39 is 0 Å². The maximum absolute atomic E-state index is 6.21. The van der Waals surface area contributed by atoms with E-state index in [1.54, 1.807) is 0 Å². The van der Waals surface area contributed by atoms with E-state index in [4.69, 9.17) is 5.73 Å². The molecule has 0 saturated carbocycles. The molecule has 1 heterocycles. The van der Waals surface area contributed by atoms with Gasteiger partial charge in [0.05, 0.1) is 0 Å². The van der Waals surface area contributed by atoms with Crippen molar-refractivity contribution in [2.45, 2.75) is 66.0 Å². The lowest BCUT2D eigenvalue weighted by atomic mass is 9.80. The molecule has 0 aliphatic carbocycles. The van der Waals surface area contributed by atoms with Crippen LogP contribution < -0.4 is 5.73 Å². The fourth-order valence-corrected chi connectivity index (χ4v) is 3.36. The van der Waals surface area contributed by atoms with Gasteiger partial charge < -0.3 is 10.6 Å². The predicted octanol–water partition coefficient (Wildman–Crippen LogP) is 2.80. The van der Waals surface area contributed by atoms with Gasteiger partial charge in [-0.15, -0.1) is 0 Å². The summed E-state index contributed by atoms with van der Waals surface area (Å²) in [4.78, 5) is 5.17. The Bertz CT molecular complexity index is 285. The van der Waals surface area contributed by atoms with Crippen LogP contribution in [-0.4, -0.2) is 54.6 Å². The first-order chi connectivity index (χ1) is 9.12. The Hall–Kier alpha value is -0.120. The van der Waals surface area contributed by atoms with Gasteiger partial charge in [-0.3, -0.25) is 4.90 Å². The first kappa shape index (κ1) is 17.9. The van der Waals surface area contributed by atoms with E-state index in [0.29, 0.717) is 11.5 Å². The zero-order valence-electron chi connectivity index (χ0n) is 14.9. The predicted molar refractivity (Wildman–Crippen MR) is 89.0 cm³/mol. The topological polar surface area (TPSA) is 32.5 Å². The zero-order valence-corrected chi connectivity index (χ0v) is 14.9. The largest absolute Gasteiger partial charge is 0.329 e. The van der Waals surface area contributed by atoms with Gasteiger partial charge in [0.15, 0.2) is 0 Å². The maximum Gasteiger partial charge on any atom is 0.0356 e. The summed E-state index contributed by atoms with van der Waals surface area (Å²) in [5, 5.41) is 0. The van der Waals surface area contributed by atoms with E-state index in [1.165, 1.54) is 32.5 Å². The van der Waals surface area contributed by atoms with Crippen molar-refractivity contribution in [3.8, 4) is 0 Å². The summed E-state index contributed by atoms with van der Waals surface area (Å²) < 4.78 is 0. The van der Waals surface area contributed by atoms with Crippen LogP contribution in [0.25, 0.3) is 0 Å². The number of nitrogens with zero attached hydrogens (tertiary/aromatic N) is 2. The van der Waals surface area contributed by atoms with Crippen LogP contribution in [0.1, 0.15) is 54.4 Å². The van der Waals surface area contributed by atoms with E-state index in [1.807, 2.05) is 0 Å². The Morgan fingerprint density at radius 3 is 2.00 bits per heavy atom. The van der Waals surface area contributed by atoms with Crippen LogP contribution in [0.15, 0.2) is 0 Å². The van der Waals surface area contributed by atoms with Crippen LogP contribution >= 0.6 is 0 Å². The van der Waals surface area contributed by atoms with Crippen molar-refractivity contribution in [1.29, 1.82) is 0 Å². The van der Waals surface area contributed by atoms with Gasteiger partial charge in [0.2, 0.25) is 0 Å². The number of rotatable bonds is 5. The molecule has 1 fully saturated rings. The SMILES string of the molecule is CC(C)CN1CCC(CN)(N(C)C(C)C(C)(C)C)CC1. The van der Waals surface area contributed by atoms with Crippen molar-refractivity contribution in [2.75, 3.05) is 33.2 Å². The number of piperidine rings is 1. The normalized spacial score (nSPS) is 22.5. The van der Waals surface area contributed by atoms with Crippen molar-refractivity contribution in [3.63, 3.8) is 0 Å². The minimum Gasteiger partial charge on any atom is -0.329 e. The summed E-state index contributed by atoms with van der Waals surface area (Å²) in [7, 11) is 2.28. The molecule has 120 valence electrons. The molecule has 1 aliphatic heterocycles. The van der Waals surface area contributed by atoms with Crippen molar-refractivity contribution in [2.24, 2.45) is 17.1 Å². The third-order valence-electron chi connectivity index (χ3n) is 5.37. The van der Waals surface area contributed by atoms with Crippen LogP contribution in [-0.2, 0) is 0 Å². The fourth-order valence-electron chi connectivity index (χ4n) is 3.36. The number of hydrogen-bond donors (Lipinski definition) is 1. The van der Waals surface area contributed by atoms with Crippen molar-refractivity contribution in [3.05, 3.63) is 0 Å². The highest BCUT2D eigenvalue weighted by molar-refractivity contribution is 4.98. The fraction of sp³-hybridized carbons (Fsp3) is 1.00. The number of likely N-dealkylation sites (tertiary alicyclic amines) is 1. The zero-order chi connectivity index (χ0) is 15.6. The molecule has 2 N–H and O–H groups in total. The van der Waals surface area contributed by atoms with Gasteiger partial charge in [-0.2, -0.15) is 0 Å². The van der Waals surface area contributed by atoms with Gasteiger partial charge >= 0.3 is 0 Å². The van der Waals surface area contributed by atoms with Gasteiger partial charge in [0.25, 0.3) is 0 Å². The summed E-state index contributed by atoms with van der Waals surface area (Å²) in [5.41, 5.74) is 6.70. The average Bonchev–Trinajstić information content (AvgIpc) is 2.36. The van der Waals surface area contributed by atoms with Crippen LogP contribution in [0, 0.1) is 11.3 Å². The van der Waals surface area contributed by atoms with Crippen LogP contribution in [0.2, 0.25) is 0 Å². The van der Waals surface area contributed by atoms with Gasteiger partial charge in [-0.1, -0.05) is 34.6 Å². The van der Waals surface area contributed by atoms with E-state index in [2.05, 4.69) is 58.4 Å². The Morgan fingerprint density at radius 1 is 1.15 bits per heavy atom. The van der Waals surface area contributed by atoms with E-state index in [-0.39, 0.29) is 5.54 Å². The van der Waals surface area contributed by atoms with Crippen molar-refractivity contribution >= 4 is 0 Å². The summed E-state index contributed by atoms with van der Waals surface area (Å²) in [5.74, 6) is 0.756. The second-order valence-corrected chi connectivity index (χ2v) is 8.28. The minimum absolute atomic E-state index is 0.195. The highest BCUT2D eigenvalue weighted by Gasteiger charge is 2.41. The lowest BCUT2D eigenvalue weighted by Gasteiger charge is -2.52. The summed E-state index contributed by atoms with van der Waals surface area (Å²) in [6.07, 6.45) is 2.40. The molecular formula is C17H37N3. The van der Waals surface area contributed by atoms with E-state index in [9.17, 15) is 0 Å². The van der Waals surface area contributed by atoms with Gasteiger partial charge in [-0.25, -0.2) is 0 Å². The van der Waals surface area contributed by atoms with Crippen LogP contribution in [0.4, 0.5) is 0 Å². The van der Waals surface area contributed by atoms with Crippen molar-refractivity contribution < 1.29 is 0 Å². The minimum atomic E-state index is 0.195.